The average molecular weight is 341 g/mol. The summed E-state index contributed by atoms with van der Waals surface area (Å²) in [5.74, 6) is -1.33. The second-order valence-corrected chi connectivity index (χ2v) is 6.93. The Bertz CT molecular complexity index is 331. The summed E-state index contributed by atoms with van der Waals surface area (Å²) in [6.45, 7) is 2.24. The molecule has 0 aliphatic carbocycles. The summed E-state index contributed by atoms with van der Waals surface area (Å²) < 4.78 is 0. The van der Waals surface area contributed by atoms with Crippen LogP contribution in [0.4, 0.5) is 0 Å². The van der Waals surface area contributed by atoms with Crippen molar-refractivity contribution in [3.8, 4) is 0 Å². The van der Waals surface area contributed by atoms with E-state index in [0.29, 0.717) is 6.42 Å². The summed E-state index contributed by atoms with van der Waals surface area (Å²) in [5, 5.41) is 8.97. The van der Waals surface area contributed by atoms with E-state index in [0.717, 1.165) is 19.3 Å². The summed E-state index contributed by atoms with van der Waals surface area (Å²) in [5.41, 5.74) is -1.82. The van der Waals surface area contributed by atoms with Gasteiger partial charge in [-0.3, -0.25) is 4.79 Å². The van der Waals surface area contributed by atoms with Crippen molar-refractivity contribution in [3.05, 3.63) is 0 Å². The molecule has 0 unspecified atom stereocenters. The zero-order chi connectivity index (χ0) is 18.1. The van der Waals surface area contributed by atoms with Crippen molar-refractivity contribution in [2.24, 2.45) is 5.41 Å². The Morgan fingerprint density at radius 2 is 1.04 bits per heavy atom. The van der Waals surface area contributed by atoms with Crippen LogP contribution < -0.4 is 0 Å². The number of aldehydes is 2. The van der Waals surface area contributed by atoms with Crippen molar-refractivity contribution in [3.63, 3.8) is 0 Å². The molecule has 0 aliphatic rings. The van der Waals surface area contributed by atoms with Crippen LogP contribution in [0, 0.1) is 5.41 Å². The first-order valence-corrected chi connectivity index (χ1v) is 9.79. The fourth-order valence-electron chi connectivity index (χ4n) is 2.97. The molecule has 0 aliphatic heterocycles. The van der Waals surface area contributed by atoms with Crippen LogP contribution in [-0.2, 0) is 14.4 Å². The molecule has 4 heteroatoms. The molecular weight excluding hydrogens is 304 g/mol. The minimum atomic E-state index is -1.82. The second-order valence-electron chi connectivity index (χ2n) is 6.93. The van der Waals surface area contributed by atoms with Crippen molar-refractivity contribution in [1.82, 2.24) is 0 Å². The number of rotatable bonds is 18. The van der Waals surface area contributed by atoms with Crippen LogP contribution in [-0.4, -0.2) is 23.6 Å². The molecule has 0 aromatic rings. The van der Waals surface area contributed by atoms with E-state index in [1.165, 1.54) is 64.2 Å². The minimum absolute atomic E-state index is 0.118. The number of carbonyl (C=O) groups excluding carboxylic acids is 2. The van der Waals surface area contributed by atoms with Gasteiger partial charge in [0.1, 0.15) is 12.6 Å². The Hall–Kier alpha value is -1.19. The summed E-state index contributed by atoms with van der Waals surface area (Å²) in [4.78, 5) is 32.7. The molecule has 0 radical (unpaired) electrons. The topological polar surface area (TPSA) is 71.4 Å². The van der Waals surface area contributed by atoms with Gasteiger partial charge in [0.05, 0.1) is 0 Å². The molecule has 1 N–H and O–H groups in total. The molecule has 0 fully saturated rings. The lowest BCUT2D eigenvalue weighted by Crippen LogP contribution is -2.34. The Balaban J connectivity index is 3.41. The van der Waals surface area contributed by atoms with E-state index < -0.39 is 11.4 Å². The van der Waals surface area contributed by atoms with Crippen LogP contribution in [0.15, 0.2) is 0 Å². The first-order valence-electron chi connectivity index (χ1n) is 9.79. The zero-order valence-corrected chi connectivity index (χ0v) is 15.4. The van der Waals surface area contributed by atoms with Crippen molar-refractivity contribution >= 4 is 18.5 Å². The first-order chi connectivity index (χ1) is 11.6. The van der Waals surface area contributed by atoms with E-state index in [2.05, 4.69) is 6.92 Å². The fourth-order valence-corrected chi connectivity index (χ4v) is 2.97. The number of carbonyl (C=O) groups is 3. The van der Waals surface area contributed by atoms with Gasteiger partial charge in [0, 0.05) is 0 Å². The van der Waals surface area contributed by atoms with E-state index in [4.69, 9.17) is 5.11 Å². The van der Waals surface area contributed by atoms with Gasteiger partial charge in [0.15, 0.2) is 5.41 Å². The standard InChI is InChI=1S/C20H36O4/c1-2-3-4-5-6-7-8-9-10-11-12-13-14-15-16-20(17-21,18-22)19(23)24/h17-18H,2-16H2,1H3,(H,23,24). The van der Waals surface area contributed by atoms with E-state index in [1.807, 2.05) is 0 Å². The van der Waals surface area contributed by atoms with Crippen LogP contribution in [0.25, 0.3) is 0 Å². The van der Waals surface area contributed by atoms with Crippen molar-refractivity contribution in [2.45, 2.75) is 103 Å². The Kier molecular flexibility index (Phi) is 14.6. The maximum Gasteiger partial charge on any atom is 0.324 e. The number of unbranched alkanes of at least 4 members (excludes halogenated alkanes) is 13. The normalized spacial score (nSPS) is 11.4. The summed E-state index contributed by atoms with van der Waals surface area (Å²) in [6, 6.07) is 0. The molecule has 24 heavy (non-hydrogen) atoms. The molecule has 140 valence electrons. The lowest BCUT2D eigenvalue weighted by molar-refractivity contribution is -0.153. The minimum Gasteiger partial charge on any atom is -0.480 e. The largest absolute Gasteiger partial charge is 0.480 e. The van der Waals surface area contributed by atoms with E-state index in [9.17, 15) is 14.4 Å². The molecule has 0 rings (SSSR count). The van der Waals surface area contributed by atoms with Crippen LogP contribution in [0.3, 0.4) is 0 Å². The van der Waals surface area contributed by atoms with Gasteiger partial charge in [0.2, 0.25) is 0 Å². The fraction of sp³-hybridized carbons (Fsp3) is 0.850. The number of hydrogen-bond acceptors (Lipinski definition) is 3. The molecule has 0 heterocycles. The van der Waals surface area contributed by atoms with Crippen LogP contribution >= 0.6 is 0 Å². The van der Waals surface area contributed by atoms with Crippen LogP contribution in [0.1, 0.15) is 103 Å². The van der Waals surface area contributed by atoms with E-state index >= 15 is 0 Å². The molecule has 0 saturated heterocycles. The molecule has 0 aromatic carbocycles. The number of carboxylic acid groups (broad SMARTS) is 1. The third-order valence-electron chi connectivity index (χ3n) is 4.76. The predicted molar refractivity (Wildman–Crippen MR) is 97.1 cm³/mol. The van der Waals surface area contributed by atoms with Gasteiger partial charge in [-0.15, -0.1) is 0 Å². The third-order valence-corrected chi connectivity index (χ3v) is 4.76. The van der Waals surface area contributed by atoms with Crippen molar-refractivity contribution in [2.75, 3.05) is 0 Å². The SMILES string of the molecule is CCCCCCCCCCCCCCCCC(C=O)(C=O)C(=O)O. The smallest absolute Gasteiger partial charge is 0.324 e. The van der Waals surface area contributed by atoms with Crippen molar-refractivity contribution < 1.29 is 19.5 Å². The molecule has 0 spiro atoms. The maximum absolute atomic E-state index is 11.0. The summed E-state index contributed by atoms with van der Waals surface area (Å²) >= 11 is 0. The Morgan fingerprint density at radius 3 is 1.33 bits per heavy atom. The molecule has 4 nitrogen and oxygen atoms in total. The molecule has 0 bridgehead atoms. The molecule has 0 saturated carbocycles. The highest BCUT2D eigenvalue weighted by atomic mass is 16.4. The summed E-state index contributed by atoms with van der Waals surface area (Å²) in [6.07, 6.45) is 17.7. The van der Waals surface area contributed by atoms with Gasteiger partial charge in [-0.05, 0) is 6.42 Å². The van der Waals surface area contributed by atoms with Crippen molar-refractivity contribution in [1.29, 1.82) is 0 Å². The van der Waals surface area contributed by atoms with Crippen LogP contribution in [0.2, 0.25) is 0 Å². The second kappa shape index (κ2) is 15.3. The van der Waals surface area contributed by atoms with Gasteiger partial charge in [-0.2, -0.15) is 0 Å². The Labute approximate surface area is 147 Å². The third kappa shape index (κ3) is 10.6. The zero-order valence-electron chi connectivity index (χ0n) is 15.4. The lowest BCUT2D eigenvalue weighted by atomic mass is 9.85. The quantitative estimate of drug-likeness (QED) is 0.208. The highest BCUT2D eigenvalue weighted by Crippen LogP contribution is 2.21. The lowest BCUT2D eigenvalue weighted by Gasteiger charge is -2.15. The molecule has 0 amide bonds. The van der Waals surface area contributed by atoms with Gasteiger partial charge in [-0.1, -0.05) is 96.8 Å². The van der Waals surface area contributed by atoms with Gasteiger partial charge >= 0.3 is 5.97 Å². The van der Waals surface area contributed by atoms with E-state index in [-0.39, 0.29) is 19.0 Å². The highest BCUT2D eigenvalue weighted by Gasteiger charge is 2.37. The predicted octanol–water partition coefficient (Wildman–Crippen LogP) is 5.33. The van der Waals surface area contributed by atoms with Gasteiger partial charge in [0.25, 0.3) is 0 Å². The maximum atomic E-state index is 11.0. The number of hydrogen-bond donors (Lipinski definition) is 1. The van der Waals surface area contributed by atoms with Gasteiger partial charge in [-0.25, -0.2) is 0 Å². The Morgan fingerprint density at radius 1 is 0.708 bits per heavy atom. The monoisotopic (exact) mass is 340 g/mol. The van der Waals surface area contributed by atoms with E-state index in [1.54, 1.807) is 0 Å². The number of carboxylic acids is 1. The highest BCUT2D eigenvalue weighted by molar-refractivity contribution is 6.07. The molecule has 0 atom stereocenters. The molecule has 0 aromatic heterocycles. The first kappa shape index (κ1) is 22.8. The molecular formula is C20H36O4. The van der Waals surface area contributed by atoms with Crippen LogP contribution in [0.5, 0.6) is 0 Å². The summed E-state index contributed by atoms with van der Waals surface area (Å²) in [7, 11) is 0. The number of aliphatic carboxylic acids is 1. The van der Waals surface area contributed by atoms with Gasteiger partial charge < -0.3 is 14.7 Å². The average Bonchev–Trinajstić information content (AvgIpc) is 2.58.